The molecule has 2 heterocycles. The predicted molar refractivity (Wildman–Crippen MR) is 77.5 cm³/mol. The van der Waals surface area contributed by atoms with Crippen molar-refractivity contribution in [3.8, 4) is 11.4 Å². The van der Waals surface area contributed by atoms with E-state index >= 15 is 0 Å². The standard InChI is InChI=1S/C17H17N3O/c1-10-2-3-12(9-18-10)15-19-16(21-20-15)13-4-11-6-17(7-11)8-14(17)5-13/h2-3,8-9,11,13H,4-7H2,1H3. The molecule has 4 aliphatic rings. The first-order valence-electron chi connectivity index (χ1n) is 7.71. The number of pyridine rings is 1. The van der Waals surface area contributed by atoms with Crippen LogP contribution in [0.15, 0.2) is 34.5 Å². The van der Waals surface area contributed by atoms with E-state index in [0.717, 1.165) is 29.5 Å². The van der Waals surface area contributed by atoms with Gasteiger partial charge in [0.15, 0.2) is 0 Å². The van der Waals surface area contributed by atoms with Crippen LogP contribution in [0, 0.1) is 18.3 Å². The van der Waals surface area contributed by atoms with Gasteiger partial charge in [0.2, 0.25) is 11.7 Å². The Hall–Kier alpha value is -1.97. The lowest BCUT2D eigenvalue weighted by Gasteiger charge is -2.35. The Balaban J connectivity index is 1.43. The molecule has 3 saturated carbocycles. The third-order valence-electron chi connectivity index (χ3n) is 5.36. The van der Waals surface area contributed by atoms with Crippen LogP contribution >= 0.6 is 0 Å². The summed E-state index contributed by atoms with van der Waals surface area (Å²) < 4.78 is 5.56. The molecule has 0 saturated heterocycles. The Kier molecular flexibility index (Phi) is 2.12. The first kappa shape index (κ1) is 11.7. The molecule has 1 spiro atoms. The quantitative estimate of drug-likeness (QED) is 0.787. The molecule has 4 heteroatoms. The number of aryl methyl sites for hydroxylation is 1. The Morgan fingerprint density at radius 2 is 2.19 bits per heavy atom. The molecule has 0 amide bonds. The Bertz CT molecular complexity index is 738. The van der Waals surface area contributed by atoms with E-state index in [-0.39, 0.29) is 0 Å². The number of nitrogens with zero attached hydrogens (tertiary/aromatic N) is 3. The minimum Gasteiger partial charge on any atom is -0.339 e. The molecule has 21 heavy (non-hydrogen) atoms. The van der Waals surface area contributed by atoms with Crippen molar-refractivity contribution in [3.63, 3.8) is 0 Å². The van der Waals surface area contributed by atoms with E-state index in [9.17, 15) is 0 Å². The summed E-state index contributed by atoms with van der Waals surface area (Å²) in [5.41, 5.74) is 4.11. The number of rotatable bonds is 2. The Morgan fingerprint density at radius 3 is 3.00 bits per heavy atom. The van der Waals surface area contributed by atoms with Gasteiger partial charge in [-0.15, -0.1) is 0 Å². The molecule has 2 aromatic heterocycles. The highest BCUT2D eigenvalue weighted by Gasteiger charge is 2.57. The molecule has 4 nitrogen and oxygen atoms in total. The van der Waals surface area contributed by atoms with Crippen LogP contribution in [0.2, 0.25) is 0 Å². The average Bonchev–Trinajstić information content (AvgIpc) is 3.00. The van der Waals surface area contributed by atoms with E-state index in [1.165, 1.54) is 19.3 Å². The van der Waals surface area contributed by atoms with E-state index in [2.05, 4.69) is 21.2 Å². The number of hydrogen-bond donors (Lipinski definition) is 0. The molecule has 0 aromatic carbocycles. The molecule has 0 aliphatic heterocycles. The molecular formula is C17H17N3O. The van der Waals surface area contributed by atoms with Crippen LogP contribution in [0.1, 0.15) is 43.2 Å². The van der Waals surface area contributed by atoms with Crippen molar-refractivity contribution in [2.45, 2.75) is 38.5 Å². The van der Waals surface area contributed by atoms with Gasteiger partial charge in [0.1, 0.15) is 0 Å². The van der Waals surface area contributed by atoms with Crippen molar-refractivity contribution in [1.82, 2.24) is 15.1 Å². The highest BCUT2D eigenvalue weighted by atomic mass is 16.5. The normalized spacial score (nSPS) is 32.7. The third kappa shape index (κ3) is 1.71. The lowest BCUT2D eigenvalue weighted by molar-refractivity contribution is 0.182. The topological polar surface area (TPSA) is 51.8 Å². The highest BCUT2D eigenvalue weighted by molar-refractivity contribution is 5.52. The molecule has 0 N–H and O–H groups in total. The van der Waals surface area contributed by atoms with Gasteiger partial charge in [-0.3, -0.25) is 4.98 Å². The van der Waals surface area contributed by atoms with E-state index in [1.807, 2.05) is 25.3 Å². The Labute approximate surface area is 123 Å². The summed E-state index contributed by atoms with van der Waals surface area (Å²) >= 11 is 0. The fourth-order valence-corrected chi connectivity index (χ4v) is 4.13. The van der Waals surface area contributed by atoms with Gasteiger partial charge in [0.05, 0.1) is 0 Å². The van der Waals surface area contributed by atoms with Crippen molar-refractivity contribution in [1.29, 1.82) is 0 Å². The van der Waals surface area contributed by atoms with E-state index in [4.69, 9.17) is 4.52 Å². The van der Waals surface area contributed by atoms with E-state index in [0.29, 0.717) is 17.2 Å². The van der Waals surface area contributed by atoms with Gasteiger partial charge < -0.3 is 4.52 Å². The molecule has 1 unspecified atom stereocenters. The smallest absolute Gasteiger partial charge is 0.230 e. The second-order valence-corrected chi connectivity index (χ2v) is 6.88. The van der Waals surface area contributed by atoms with Crippen LogP contribution in [0.3, 0.4) is 0 Å². The maximum absolute atomic E-state index is 5.56. The second-order valence-electron chi connectivity index (χ2n) is 6.88. The Morgan fingerprint density at radius 1 is 1.29 bits per heavy atom. The predicted octanol–water partition coefficient (Wildman–Crippen LogP) is 3.65. The summed E-state index contributed by atoms with van der Waals surface area (Å²) in [5.74, 6) is 2.73. The monoisotopic (exact) mass is 279 g/mol. The lowest BCUT2D eigenvalue weighted by atomic mass is 9.68. The van der Waals surface area contributed by atoms with Crippen LogP contribution in [0.5, 0.6) is 0 Å². The second kappa shape index (κ2) is 3.81. The SMILES string of the molecule is Cc1ccc(-c2noc(C3CC4=CC45CC(C3)C5)n2)cn1. The molecule has 0 radical (unpaired) electrons. The summed E-state index contributed by atoms with van der Waals surface area (Å²) in [7, 11) is 0. The van der Waals surface area contributed by atoms with Crippen molar-refractivity contribution < 1.29 is 4.52 Å². The molecular weight excluding hydrogens is 262 g/mol. The maximum atomic E-state index is 5.56. The molecule has 2 bridgehead atoms. The zero-order valence-corrected chi connectivity index (χ0v) is 12.0. The summed E-state index contributed by atoms with van der Waals surface area (Å²) in [6, 6.07) is 3.98. The molecule has 106 valence electrons. The number of allylic oxidation sites excluding steroid dienone is 2. The fourth-order valence-electron chi connectivity index (χ4n) is 4.13. The van der Waals surface area contributed by atoms with Crippen molar-refractivity contribution in [2.24, 2.45) is 11.3 Å². The van der Waals surface area contributed by atoms with Gasteiger partial charge in [-0.1, -0.05) is 16.8 Å². The molecule has 3 fully saturated rings. The molecule has 1 atom stereocenters. The summed E-state index contributed by atoms with van der Waals surface area (Å²) in [6.45, 7) is 1.97. The first-order chi connectivity index (χ1) is 10.2. The average molecular weight is 279 g/mol. The van der Waals surface area contributed by atoms with Crippen LogP contribution < -0.4 is 0 Å². The molecule has 2 aromatic rings. The van der Waals surface area contributed by atoms with Crippen molar-refractivity contribution in [2.75, 3.05) is 0 Å². The minimum absolute atomic E-state index is 0.410. The van der Waals surface area contributed by atoms with Crippen LogP contribution in [-0.2, 0) is 0 Å². The number of fused-ring (bicyclic) bond motifs is 2. The van der Waals surface area contributed by atoms with Gasteiger partial charge in [0.25, 0.3) is 0 Å². The maximum Gasteiger partial charge on any atom is 0.230 e. The largest absolute Gasteiger partial charge is 0.339 e. The van der Waals surface area contributed by atoms with Crippen LogP contribution in [0.25, 0.3) is 11.4 Å². The zero-order chi connectivity index (χ0) is 14.0. The highest BCUT2D eigenvalue weighted by Crippen LogP contribution is 2.68. The van der Waals surface area contributed by atoms with Gasteiger partial charge in [-0.05, 0) is 50.7 Å². The number of aromatic nitrogens is 3. The zero-order valence-electron chi connectivity index (χ0n) is 12.0. The lowest BCUT2D eigenvalue weighted by Crippen LogP contribution is -2.26. The first-order valence-corrected chi connectivity index (χ1v) is 7.71. The van der Waals surface area contributed by atoms with Gasteiger partial charge in [0, 0.05) is 28.8 Å². The summed E-state index contributed by atoms with van der Waals surface area (Å²) in [5, 5.41) is 4.15. The van der Waals surface area contributed by atoms with Crippen LogP contribution in [-0.4, -0.2) is 15.1 Å². The molecule has 4 aliphatic carbocycles. The van der Waals surface area contributed by atoms with E-state index in [1.54, 1.807) is 5.57 Å². The molecule has 6 rings (SSSR count). The summed E-state index contributed by atoms with van der Waals surface area (Å²) in [6.07, 6.45) is 9.32. The minimum atomic E-state index is 0.410. The fraction of sp³-hybridized carbons (Fsp3) is 0.471. The van der Waals surface area contributed by atoms with Gasteiger partial charge >= 0.3 is 0 Å². The van der Waals surface area contributed by atoms with Gasteiger partial charge in [-0.25, -0.2) is 0 Å². The van der Waals surface area contributed by atoms with Gasteiger partial charge in [-0.2, -0.15) is 4.98 Å². The summed E-state index contributed by atoms with van der Waals surface area (Å²) in [4.78, 5) is 8.93. The third-order valence-corrected chi connectivity index (χ3v) is 5.36. The van der Waals surface area contributed by atoms with Crippen molar-refractivity contribution >= 4 is 0 Å². The van der Waals surface area contributed by atoms with Crippen LogP contribution in [0.4, 0.5) is 0 Å². The van der Waals surface area contributed by atoms with E-state index < -0.39 is 0 Å². The number of hydrogen-bond acceptors (Lipinski definition) is 4. The van der Waals surface area contributed by atoms with Crippen molar-refractivity contribution in [3.05, 3.63) is 41.6 Å².